The average Bonchev–Trinajstić information content (AvgIpc) is 2.57. The maximum absolute atomic E-state index is 5.88. The van der Waals surface area contributed by atoms with Gasteiger partial charge in [0.15, 0.2) is 5.65 Å². The Balaban J connectivity index is 1.82. The minimum atomic E-state index is 0.530. The zero-order valence-electron chi connectivity index (χ0n) is 9.02. The van der Waals surface area contributed by atoms with Gasteiger partial charge in [0.1, 0.15) is 0 Å². The summed E-state index contributed by atoms with van der Waals surface area (Å²) in [6, 6.07) is 4.22. The third-order valence-corrected chi connectivity index (χ3v) is 3.23. The third-order valence-electron chi connectivity index (χ3n) is 3.00. The number of hydrogen-bond donors (Lipinski definition) is 1. The lowest BCUT2D eigenvalue weighted by Crippen LogP contribution is -2.34. The van der Waals surface area contributed by atoms with E-state index >= 15 is 0 Å². The Labute approximate surface area is 98.6 Å². The van der Waals surface area contributed by atoms with E-state index in [2.05, 4.69) is 22.3 Å². The van der Waals surface area contributed by atoms with Crippen LogP contribution in [0.1, 0.15) is 19.8 Å². The van der Waals surface area contributed by atoms with E-state index in [1.807, 2.05) is 12.1 Å². The van der Waals surface area contributed by atoms with Crippen LogP contribution in [0.3, 0.4) is 0 Å². The fourth-order valence-electron chi connectivity index (χ4n) is 2.12. The number of aromatic nitrogens is 3. The van der Waals surface area contributed by atoms with Crippen molar-refractivity contribution in [3.63, 3.8) is 0 Å². The van der Waals surface area contributed by atoms with Gasteiger partial charge in [-0.25, -0.2) is 4.52 Å². The van der Waals surface area contributed by atoms with Crippen LogP contribution < -0.4 is 5.32 Å². The van der Waals surface area contributed by atoms with Crippen molar-refractivity contribution in [1.29, 1.82) is 0 Å². The zero-order chi connectivity index (χ0) is 11.1. The summed E-state index contributed by atoms with van der Waals surface area (Å²) in [7, 11) is 0. The van der Waals surface area contributed by atoms with E-state index in [1.165, 1.54) is 12.8 Å². The lowest BCUT2D eigenvalue weighted by molar-refractivity contribution is 0.308. The van der Waals surface area contributed by atoms with Crippen LogP contribution in [0.25, 0.3) is 5.65 Å². The molecule has 3 rings (SSSR count). The van der Waals surface area contributed by atoms with E-state index in [9.17, 15) is 0 Å². The van der Waals surface area contributed by atoms with E-state index in [0.717, 1.165) is 11.6 Å². The second-order valence-electron chi connectivity index (χ2n) is 4.50. The van der Waals surface area contributed by atoms with Crippen LogP contribution in [-0.4, -0.2) is 20.6 Å². The van der Waals surface area contributed by atoms with Crippen molar-refractivity contribution in [3.05, 3.63) is 23.4 Å². The molecule has 16 heavy (non-hydrogen) atoms. The molecule has 84 valence electrons. The normalized spacial score (nSPS) is 24.4. The van der Waals surface area contributed by atoms with Crippen molar-refractivity contribution in [3.8, 4) is 0 Å². The fourth-order valence-corrected chi connectivity index (χ4v) is 2.28. The van der Waals surface area contributed by atoms with Crippen molar-refractivity contribution in [2.75, 3.05) is 5.32 Å². The molecule has 1 saturated carbocycles. The lowest BCUT2D eigenvalue weighted by atomic mass is 9.82. The van der Waals surface area contributed by atoms with Gasteiger partial charge in [0, 0.05) is 12.2 Å². The maximum Gasteiger partial charge on any atom is 0.243 e. The molecule has 0 saturated heterocycles. The quantitative estimate of drug-likeness (QED) is 0.872. The van der Waals surface area contributed by atoms with Crippen LogP contribution >= 0.6 is 11.6 Å². The summed E-state index contributed by atoms with van der Waals surface area (Å²) in [5.41, 5.74) is 0.819. The number of nitrogens with one attached hydrogen (secondary N) is 1. The van der Waals surface area contributed by atoms with Crippen LogP contribution in [-0.2, 0) is 0 Å². The molecule has 2 heterocycles. The molecule has 0 bridgehead atoms. The van der Waals surface area contributed by atoms with Crippen molar-refractivity contribution in [2.24, 2.45) is 5.92 Å². The number of anilines is 1. The second kappa shape index (κ2) is 3.63. The van der Waals surface area contributed by atoms with Gasteiger partial charge >= 0.3 is 0 Å². The molecule has 0 radical (unpaired) electrons. The van der Waals surface area contributed by atoms with E-state index in [4.69, 9.17) is 11.6 Å². The lowest BCUT2D eigenvalue weighted by Gasteiger charge is -2.32. The Morgan fingerprint density at radius 2 is 2.25 bits per heavy atom. The molecule has 0 amide bonds. The Kier molecular flexibility index (Phi) is 2.24. The molecular weight excluding hydrogens is 224 g/mol. The van der Waals surface area contributed by atoms with Gasteiger partial charge in [0.05, 0.1) is 5.02 Å². The first-order valence-electron chi connectivity index (χ1n) is 5.49. The highest BCUT2D eigenvalue weighted by atomic mass is 35.5. The first-order chi connectivity index (χ1) is 7.70. The van der Waals surface area contributed by atoms with Crippen LogP contribution in [0, 0.1) is 5.92 Å². The summed E-state index contributed by atoms with van der Waals surface area (Å²) in [5, 5.41) is 8.33. The summed E-state index contributed by atoms with van der Waals surface area (Å²) < 4.78 is 1.70. The maximum atomic E-state index is 5.88. The smallest absolute Gasteiger partial charge is 0.243 e. The molecule has 1 fully saturated rings. The summed E-state index contributed by atoms with van der Waals surface area (Å²) >= 11 is 5.88. The summed E-state index contributed by atoms with van der Waals surface area (Å²) in [4.78, 5) is 4.38. The summed E-state index contributed by atoms with van der Waals surface area (Å²) in [6.45, 7) is 2.26. The Morgan fingerprint density at radius 1 is 1.44 bits per heavy atom. The highest BCUT2D eigenvalue weighted by molar-refractivity contribution is 6.30. The molecule has 1 aliphatic carbocycles. The van der Waals surface area contributed by atoms with Gasteiger partial charge in [-0.05, 0) is 30.9 Å². The summed E-state index contributed by atoms with van der Waals surface area (Å²) in [5.74, 6) is 1.52. The predicted molar refractivity (Wildman–Crippen MR) is 63.8 cm³/mol. The molecule has 5 heteroatoms. The number of hydrogen-bond acceptors (Lipinski definition) is 3. The van der Waals surface area contributed by atoms with Crippen molar-refractivity contribution >= 4 is 23.2 Å². The molecular formula is C11H13ClN4. The SMILES string of the molecule is CC1CC(Nc2nc3ccc(Cl)cn3n2)C1. The molecule has 0 aromatic carbocycles. The predicted octanol–water partition coefficient (Wildman–Crippen LogP) is 2.59. The Bertz CT molecular complexity index is 516. The van der Waals surface area contributed by atoms with Crippen LogP contribution in [0.4, 0.5) is 5.95 Å². The van der Waals surface area contributed by atoms with Crippen LogP contribution in [0.15, 0.2) is 18.3 Å². The van der Waals surface area contributed by atoms with Crippen LogP contribution in [0.2, 0.25) is 5.02 Å². The molecule has 1 aliphatic rings. The van der Waals surface area contributed by atoms with Gasteiger partial charge in [-0.1, -0.05) is 18.5 Å². The van der Waals surface area contributed by atoms with E-state index in [0.29, 0.717) is 17.0 Å². The van der Waals surface area contributed by atoms with Crippen molar-refractivity contribution in [2.45, 2.75) is 25.8 Å². The molecule has 0 atom stereocenters. The molecule has 0 spiro atoms. The van der Waals surface area contributed by atoms with E-state index < -0.39 is 0 Å². The fraction of sp³-hybridized carbons (Fsp3) is 0.455. The minimum Gasteiger partial charge on any atom is -0.350 e. The van der Waals surface area contributed by atoms with Gasteiger partial charge in [-0.15, -0.1) is 5.10 Å². The largest absolute Gasteiger partial charge is 0.350 e. The number of halogens is 1. The molecule has 2 aromatic rings. The van der Waals surface area contributed by atoms with Gasteiger partial charge in [-0.3, -0.25) is 0 Å². The Morgan fingerprint density at radius 3 is 3.00 bits per heavy atom. The van der Waals surface area contributed by atoms with E-state index in [1.54, 1.807) is 10.7 Å². The van der Waals surface area contributed by atoms with Gasteiger partial charge < -0.3 is 5.32 Å². The van der Waals surface area contributed by atoms with Gasteiger partial charge in [0.25, 0.3) is 0 Å². The molecule has 4 nitrogen and oxygen atoms in total. The van der Waals surface area contributed by atoms with Crippen molar-refractivity contribution < 1.29 is 0 Å². The monoisotopic (exact) mass is 236 g/mol. The average molecular weight is 237 g/mol. The Hall–Kier alpha value is -1.29. The summed E-state index contributed by atoms with van der Waals surface area (Å²) in [6.07, 6.45) is 4.17. The highest BCUT2D eigenvalue weighted by Gasteiger charge is 2.25. The topological polar surface area (TPSA) is 42.2 Å². The molecule has 0 unspecified atom stereocenters. The number of nitrogens with zero attached hydrogens (tertiary/aromatic N) is 3. The van der Waals surface area contributed by atoms with Crippen molar-refractivity contribution in [1.82, 2.24) is 14.6 Å². The zero-order valence-corrected chi connectivity index (χ0v) is 9.78. The molecule has 2 aromatic heterocycles. The molecule has 0 aliphatic heterocycles. The van der Waals surface area contributed by atoms with Gasteiger partial charge in [-0.2, -0.15) is 4.98 Å². The van der Waals surface area contributed by atoms with Gasteiger partial charge in [0.2, 0.25) is 5.95 Å². The number of fused-ring (bicyclic) bond motifs is 1. The minimum absolute atomic E-state index is 0.530. The first kappa shape index (κ1) is 9.90. The standard InChI is InChI=1S/C11H13ClN4/c1-7-4-9(5-7)13-11-14-10-3-2-8(12)6-16(10)15-11/h2-3,6-7,9H,4-5H2,1H3,(H,13,15). The number of pyridine rings is 1. The first-order valence-corrected chi connectivity index (χ1v) is 5.87. The van der Waals surface area contributed by atoms with E-state index in [-0.39, 0.29) is 0 Å². The number of rotatable bonds is 2. The second-order valence-corrected chi connectivity index (χ2v) is 4.94. The van der Waals surface area contributed by atoms with Crippen LogP contribution in [0.5, 0.6) is 0 Å². The highest BCUT2D eigenvalue weighted by Crippen LogP contribution is 2.28. The molecule has 1 N–H and O–H groups in total. The third kappa shape index (κ3) is 1.73.